The molecule has 0 spiro atoms. The van der Waals surface area contributed by atoms with Gasteiger partial charge in [-0.25, -0.2) is 0 Å². The van der Waals surface area contributed by atoms with E-state index in [0.717, 1.165) is 5.75 Å². The minimum atomic E-state index is 0.182. The second kappa shape index (κ2) is 2.49. The predicted molar refractivity (Wildman–Crippen MR) is 44.8 cm³/mol. The molecule has 2 rings (SSSR count). The summed E-state index contributed by atoms with van der Waals surface area (Å²) < 4.78 is 5.42. The Morgan fingerprint density at radius 1 is 1.55 bits per heavy atom. The van der Waals surface area contributed by atoms with Crippen LogP contribution in [0.15, 0.2) is 0 Å². The predicted octanol–water partition coefficient (Wildman–Crippen LogP) is 1.09. The number of ether oxygens (including phenoxy) is 1. The first-order valence-electron chi connectivity index (χ1n) is 3.97. The van der Waals surface area contributed by atoms with Crippen LogP contribution in [0.4, 0.5) is 0 Å². The highest BCUT2D eigenvalue weighted by Gasteiger charge is 2.52. The van der Waals surface area contributed by atoms with Crippen LogP contribution in [0.2, 0.25) is 0 Å². The van der Waals surface area contributed by atoms with Crippen LogP contribution in [-0.4, -0.2) is 29.0 Å². The van der Waals surface area contributed by atoms with Crippen LogP contribution in [0.5, 0.6) is 0 Å². The molecule has 0 aromatic rings. The van der Waals surface area contributed by atoms with Crippen LogP contribution < -0.4 is 0 Å². The maximum absolute atomic E-state index is 11.0. The molecule has 4 atom stereocenters. The number of Topliss-reactive ketones (excluding diaryl/α,β-unsaturated/α-hetero) is 1. The van der Waals surface area contributed by atoms with Gasteiger partial charge >= 0.3 is 0 Å². The number of fused-ring (bicyclic) bond motifs is 1. The average Bonchev–Trinajstić information content (AvgIpc) is 2.66. The Hall–Kier alpha value is -0.0200. The third-order valence-corrected chi connectivity index (χ3v) is 3.83. The van der Waals surface area contributed by atoms with E-state index >= 15 is 0 Å². The first-order valence-corrected chi connectivity index (χ1v) is 5.02. The average molecular weight is 172 g/mol. The van der Waals surface area contributed by atoms with Crippen molar-refractivity contribution in [2.24, 2.45) is 5.92 Å². The van der Waals surface area contributed by atoms with Crippen molar-refractivity contribution >= 4 is 17.5 Å². The maximum Gasteiger partial charge on any atom is 0.136 e. The van der Waals surface area contributed by atoms with Gasteiger partial charge in [0, 0.05) is 11.0 Å². The molecule has 0 amide bonds. The summed E-state index contributed by atoms with van der Waals surface area (Å²) in [4.78, 5) is 11.0. The van der Waals surface area contributed by atoms with Crippen LogP contribution in [0.1, 0.15) is 13.8 Å². The molecule has 3 heteroatoms. The number of ketones is 1. The van der Waals surface area contributed by atoms with Gasteiger partial charge in [-0.3, -0.25) is 4.79 Å². The molecule has 2 aliphatic rings. The summed E-state index contributed by atoms with van der Waals surface area (Å²) in [6.07, 6.45) is 0.645. The minimum Gasteiger partial charge on any atom is -0.368 e. The number of hydrogen-bond acceptors (Lipinski definition) is 3. The highest BCUT2D eigenvalue weighted by Crippen LogP contribution is 2.43. The summed E-state index contributed by atoms with van der Waals surface area (Å²) in [7, 11) is 0. The fourth-order valence-electron chi connectivity index (χ4n) is 1.63. The van der Waals surface area contributed by atoms with Crippen molar-refractivity contribution in [1.82, 2.24) is 0 Å². The van der Waals surface area contributed by atoms with Crippen molar-refractivity contribution in [3.8, 4) is 0 Å². The highest BCUT2D eigenvalue weighted by molar-refractivity contribution is 8.00. The topological polar surface area (TPSA) is 29.6 Å². The van der Waals surface area contributed by atoms with Crippen LogP contribution in [0, 0.1) is 5.92 Å². The molecule has 2 nitrogen and oxygen atoms in total. The van der Waals surface area contributed by atoms with E-state index in [9.17, 15) is 4.79 Å². The van der Waals surface area contributed by atoms with Gasteiger partial charge in [-0.1, -0.05) is 6.92 Å². The van der Waals surface area contributed by atoms with Crippen molar-refractivity contribution < 1.29 is 9.53 Å². The molecule has 2 saturated heterocycles. The fourth-order valence-corrected chi connectivity index (χ4v) is 2.98. The lowest BCUT2D eigenvalue weighted by atomic mass is 10.00. The zero-order valence-corrected chi connectivity index (χ0v) is 7.56. The Morgan fingerprint density at radius 2 is 2.27 bits per heavy atom. The lowest BCUT2D eigenvalue weighted by Crippen LogP contribution is -2.29. The zero-order chi connectivity index (χ0) is 8.01. The molecule has 11 heavy (non-hydrogen) atoms. The van der Waals surface area contributed by atoms with E-state index in [0.29, 0.717) is 11.4 Å². The molecule has 0 aliphatic carbocycles. The van der Waals surface area contributed by atoms with E-state index in [2.05, 4.69) is 6.92 Å². The molecule has 0 saturated carbocycles. The first-order chi connectivity index (χ1) is 5.20. The van der Waals surface area contributed by atoms with Crippen LogP contribution >= 0.6 is 11.8 Å². The van der Waals surface area contributed by atoms with Crippen LogP contribution in [0.3, 0.4) is 0 Å². The minimum absolute atomic E-state index is 0.182. The second-order valence-electron chi connectivity index (χ2n) is 3.32. The molecule has 0 aromatic carbocycles. The zero-order valence-electron chi connectivity index (χ0n) is 6.74. The Labute approximate surface area is 70.7 Å². The van der Waals surface area contributed by atoms with Gasteiger partial charge in [0.05, 0.1) is 18.1 Å². The molecule has 62 valence electrons. The molecular weight excluding hydrogens is 160 g/mol. The van der Waals surface area contributed by atoms with E-state index in [1.54, 1.807) is 6.92 Å². The third kappa shape index (κ3) is 1.20. The summed E-state index contributed by atoms with van der Waals surface area (Å²) in [5.74, 6) is 1.43. The van der Waals surface area contributed by atoms with E-state index in [1.807, 2.05) is 11.8 Å². The normalized spacial score (nSPS) is 48.2. The smallest absolute Gasteiger partial charge is 0.136 e. The van der Waals surface area contributed by atoms with Gasteiger partial charge < -0.3 is 4.74 Å². The molecule has 2 aliphatic heterocycles. The van der Waals surface area contributed by atoms with Crippen molar-refractivity contribution in [3.05, 3.63) is 0 Å². The third-order valence-electron chi connectivity index (χ3n) is 2.48. The Bertz CT molecular complexity index is 193. The largest absolute Gasteiger partial charge is 0.368 e. The number of thioether (sulfide) groups is 1. The number of carbonyl (C=O) groups is 1. The molecule has 0 N–H and O–H groups in total. The standard InChI is InChI=1S/C8H12O2S/c1-4(9)6-3-11-5(2)7-8(6)10-7/h5-8H,3H2,1-2H3. The Kier molecular flexibility index (Phi) is 1.72. The lowest BCUT2D eigenvalue weighted by Gasteiger charge is -2.19. The van der Waals surface area contributed by atoms with Gasteiger partial charge in [0.15, 0.2) is 0 Å². The number of epoxide rings is 1. The Balaban J connectivity index is 2.02. The van der Waals surface area contributed by atoms with Gasteiger partial charge in [0.2, 0.25) is 0 Å². The van der Waals surface area contributed by atoms with Gasteiger partial charge in [0.25, 0.3) is 0 Å². The van der Waals surface area contributed by atoms with E-state index in [-0.39, 0.29) is 17.8 Å². The van der Waals surface area contributed by atoms with Gasteiger partial charge in [-0.05, 0) is 6.92 Å². The molecule has 2 fully saturated rings. The SMILES string of the molecule is CC(=O)C1CSC(C)C2OC12. The molecule has 0 radical (unpaired) electrons. The fraction of sp³-hybridized carbons (Fsp3) is 0.875. The summed E-state index contributed by atoms with van der Waals surface area (Å²) >= 11 is 1.86. The van der Waals surface area contributed by atoms with Crippen molar-refractivity contribution in [1.29, 1.82) is 0 Å². The Morgan fingerprint density at radius 3 is 2.91 bits per heavy atom. The summed E-state index contributed by atoms with van der Waals surface area (Å²) in [5, 5.41) is 0.593. The van der Waals surface area contributed by atoms with Gasteiger partial charge in [-0.2, -0.15) is 11.8 Å². The summed E-state index contributed by atoms with van der Waals surface area (Å²) in [6.45, 7) is 3.84. The number of carbonyl (C=O) groups excluding carboxylic acids is 1. The van der Waals surface area contributed by atoms with E-state index in [4.69, 9.17) is 4.74 Å². The molecular formula is C8H12O2S. The number of rotatable bonds is 1. The van der Waals surface area contributed by atoms with Crippen LogP contribution in [0.25, 0.3) is 0 Å². The summed E-state index contributed by atoms with van der Waals surface area (Å²) in [5.41, 5.74) is 0. The van der Waals surface area contributed by atoms with E-state index < -0.39 is 0 Å². The molecule has 4 unspecified atom stereocenters. The van der Waals surface area contributed by atoms with Crippen LogP contribution in [-0.2, 0) is 9.53 Å². The molecule has 2 heterocycles. The maximum atomic E-state index is 11.0. The van der Waals surface area contributed by atoms with E-state index in [1.165, 1.54) is 0 Å². The monoisotopic (exact) mass is 172 g/mol. The van der Waals surface area contributed by atoms with Crippen molar-refractivity contribution in [2.45, 2.75) is 31.3 Å². The number of hydrogen-bond donors (Lipinski definition) is 0. The first kappa shape index (κ1) is 7.62. The molecule has 0 bridgehead atoms. The molecule has 0 aromatic heterocycles. The quantitative estimate of drug-likeness (QED) is 0.555. The van der Waals surface area contributed by atoms with Gasteiger partial charge in [-0.15, -0.1) is 0 Å². The lowest BCUT2D eigenvalue weighted by molar-refractivity contribution is -0.120. The van der Waals surface area contributed by atoms with Crippen molar-refractivity contribution in [2.75, 3.05) is 5.75 Å². The highest BCUT2D eigenvalue weighted by atomic mass is 32.2. The van der Waals surface area contributed by atoms with Gasteiger partial charge in [0.1, 0.15) is 5.78 Å². The van der Waals surface area contributed by atoms with Crippen molar-refractivity contribution in [3.63, 3.8) is 0 Å². The summed E-state index contributed by atoms with van der Waals surface area (Å²) in [6, 6.07) is 0. The second-order valence-corrected chi connectivity index (χ2v) is 4.73.